The largest absolute Gasteiger partial charge is 0.411 e. The first-order chi connectivity index (χ1) is 7.17. The van der Waals surface area contributed by atoms with Crippen LogP contribution in [0.2, 0.25) is 0 Å². The summed E-state index contributed by atoms with van der Waals surface area (Å²) in [6.07, 6.45) is 6.88. The van der Waals surface area contributed by atoms with Crippen molar-refractivity contribution in [2.45, 2.75) is 17.1 Å². The Morgan fingerprint density at radius 3 is 3.07 bits per heavy atom. The van der Waals surface area contributed by atoms with Gasteiger partial charge in [-0.3, -0.25) is 5.32 Å². The van der Waals surface area contributed by atoms with Crippen LogP contribution < -0.4 is 5.32 Å². The molecule has 0 fully saturated rings. The third kappa shape index (κ3) is 4.06. The molecule has 0 heterocycles. The fourth-order valence-electron chi connectivity index (χ4n) is 1.18. The van der Waals surface area contributed by atoms with E-state index in [9.17, 15) is 0 Å². The van der Waals surface area contributed by atoms with Gasteiger partial charge in [0.05, 0.1) is 11.0 Å². The van der Waals surface area contributed by atoms with Gasteiger partial charge in [-0.15, -0.1) is 0 Å². The van der Waals surface area contributed by atoms with E-state index in [1.165, 1.54) is 6.21 Å². The van der Waals surface area contributed by atoms with Crippen LogP contribution in [0, 0.1) is 0 Å². The monoisotopic (exact) mass is 338 g/mol. The molecule has 0 saturated carbocycles. The topological polar surface area (TPSA) is 53.9 Å². The van der Waals surface area contributed by atoms with Gasteiger partial charge in [0.1, 0.15) is 6.23 Å². The number of alkyl halides is 1. The van der Waals surface area contributed by atoms with Crippen molar-refractivity contribution in [3.8, 4) is 0 Å². The summed E-state index contributed by atoms with van der Waals surface area (Å²) in [5, 5.41) is 14.5. The van der Waals surface area contributed by atoms with Crippen molar-refractivity contribution >= 4 is 38.1 Å². The molecule has 2 N–H and O–H groups in total. The van der Waals surface area contributed by atoms with Gasteiger partial charge in [-0.25, -0.2) is 0 Å². The van der Waals surface area contributed by atoms with Crippen LogP contribution in [-0.2, 0) is 4.74 Å². The molecule has 0 bridgehead atoms. The zero-order valence-corrected chi connectivity index (χ0v) is 11.3. The van der Waals surface area contributed by atoms with E-state index in [0.717, 1.165) is 4.48 Å². The van der Waals surface area contributed by atoms with Gasteiger partial charge >= 0.3 is 0 Å². The third-order valence-corrected chi connectivity index (χ3v) is 3.34. The molecule has 0 saturated heterocycles. The molecule has 1 aliphatic rings. The number of oxime groups is 1. The van der Waals surface area contributed by atoms with Crippen molar-refractivity contribution in [1.82, 2.24) is 5.32 Å². The van der Waals surface area contributed by atoms with Crippen LogP contribution in [0.5, 0.6) is 0 Å². The molecule has 15 heavy (non-hydrogen) atoms. The normalized spacial score (nSPS) is 28.1. The third-order valence-electron chi connectivity index (χ3n) is 1.93. The zero-order chi connectivity index (χ0) is 11.3. The van der Waals surface area contributed by atoms with E-state index < -0.39 is 6.23 Å². The van der Waals surface area contributed by atoms with Crippen LogP contribution in [0.15, 0.2) is 27.9 Å². The van der Waals surface area contributed by atoms with Gasteiger partial charge in [-0.1, -0.05) is 55.2 Å². The van der Waals surface area contributed by atoms with Gasteiger partial charge in [0.2, 0.25) is 0 Å². The minimum atomic E-state index is -0.414. The summed E-state index contributed by atoms with van der Waals surface area (Å²) in [7, 11) is 1.54. The van der Waals surface area contributed by atoms with E-state index in [1.807, 2.05) is 18.2 Å². The smallest absolute Gasteiger partial charge is 0.147 e. The zero-order valence-electron chi connectivity index (χ0n) is 8.10. The van der Waals surface area contributed by atoms with Crippen molar-refractivity contribution in [3.63, 3.8) is 0 Å². The number of hydrogen-bond acceptors (Lipinski definition) is 4. The quantitative estimate of drug-likeness (QED) is 0.271. The first kappa shape index (κ1) is 12.9. The second kappa shape index (κ2) is 6.42. The van der Waals surface area contributed by atoms with Crippen molar-refractivity contribution in [2.24, 2.45) is 5.16 Å². The number of allylic oxidation sites excluding steroid dienone is 2. The Balaban J connectivity index is 2.60. The Hall–Kier alpha value is -0.170. The number of ether oxygens (including phenoxy) is 1. The van der Waals surface area contributed by atoms with Crippen molar-refractivity contribution in [3.05, 3.63) is 22.7 Å². The summed E-state index contributed by atoms with van der Waals surface area (Å²) in [4.78, 5) is 0.184. The van der Waals surface area contributed by atoms with E-state index in [-0.39, 0.29) is 10.9 Å². The van der Waals surface area contributed by atoms with Crippen molar-refractivity contribution in [1.29, 1.82) is 0 Å². The van der Waals surface area contributed by atoms with Gasteiger partial charge in [0, 0.05) is 17.6 Å². The highest BCUT2D eigenvalue weighted by Gasteiger charge is 2.20. The predicted octanol–water partition coefficient (Wildman–Crippen LogP) is 1.99. The van der Waals surface area contributed by atoms with E-state index in [0.29, 0.717) is 0 Å². The van der Waals surface area contributed by atoms with Gasteiger partial charge in [0.25, 0.3) is 0 Å². The maximum atomic E-state index is 8.41. The van der Waals surface area contributed by atoms with E-state index in [2.05, 4.69) is 42.3 Å². The molecule has 1 rings (SSSR count). The lowest BCUT2D eigenvalue weighted by Crippen LogP contribution is -2.44. The summed E-state index contributed by atoms with van der Waals surface area (Å²) in [5.41, 5.74) is 0. The molecule has 0 aliphatic heterocycles. The van der Waals surface area contributed by atoms with Gasteiger partial charge in [-0.2, -0.15) is 0 Å². The lowest BCUT2D eigenvalue weighted by molar-refractivity contribution is 0.122. The molecule has 0 aromatic heterocycles. The lowest BCUT2D eigenvalue weighted by atomic mass is 10.1. The van der Waals surface area contributed by atoms with Gasteiger partial charge < -0.3 is 9.94 Å². The molecular formula is C9H12Br2N2O2. The average Bonchev–Trinajstić information content (AvgIpc) is 2.22. The lowest BCUT2D eigenvalue weighted by Gasteiger charge is -2.24. The van der Waals surface area contributed by atoms with E-state index in [4.69, 9.17) is 9.94 Å². The molecule has 84 valence electrons. The number of nitrogens with one attached hydrogen (secondary N) is 1. The Labute approximate surface area is 105 Å². The van der Waals surface area contributed by atoms with Crippen LogP contribution in [0.1, 0.15) is 0 Å². The SMILES string of the molecule is COC(/C=N\O)NC1C=C(Br)C=CC1Br. The van der Waals surface area contributed by atoms with Gasteiger partial charge in [0.15, 0.2) is 0 Å². The fraction of sp³-hybridized carbons (Fsp3) is 0.444. The van der Waals surface area contributed by atoms with E-state index >= 15 is 0 Å². The highest BCUT2D eigenvalue weighted by atomic mass is 79.9. The highest BCUT2D eigenvalue weighted by Crippen LogP contribution is 2.21. The molecular weight excluding hydrogens is 328 g/mol. The summed E-state index contributed by atoms with van der Waals surface area (Å²) in [6.45, 7) is 0. The van der Waals surface area contributed by atoms with Crippen LogP contribution in [-0.4, -0.2) is 35.6 Å². The summed E-state index contributed by atoms with van der Waals surface area (Å²) in [5.74, 6) is 0. The summed E-state index contributed by atoms with van der Waals surface area (Å²) < 4.78 is 6.07. The summed E-state index contributed by atoms with van der Waals surface area (Å²) >= 11 is 6.91. The minimum absolute atomic E-state index is 0.0762. The molecule has 6 heteroatoms. The van der Waals surface area contributed by atoms with Crippen LogP contribution in [0.3, 0.4) is 0 Å². The average molecular weight is 340 g/mol. The maximum absolute atomic E-state index is 8.41. The molecule has 0 aromatic rings. The first-order valence-electron chi connectivity index (χ1n) is 4.33. The number of halogens is 2. The molecule has 0 radical (unpaired) electrons. The summed E-state index contributed by atoms with van der Waals surface area (Å²) in [6, 6.07) is 0.0762. The molecule has 3 atom stereocenters. The predicted molar refractivity (Wildman–Crippen MR) is 66.9 cm³/mol. The molecule has 0 spiro atoms. The second-order valence-corrected chi connectivity index (χ2v) is 4.94. The number of nitrogens with zero attached hydrogens (tertiary/aromatic N) is 1. The fourth-order valence-corrected chi connectivity index (χ4v) is 2.08. The first-order valence-corrected chi connectivity index (χ1v) is 6.04. The second-order valence-electron chi connectivity index (χ2n) is 2.97. The van der Waals surface area contributed by atoms with Crippen LogP contribution in [0.4, 0.5) is 0 Å². The number of methoxy groups -OCH3 is 1. The van der Waals surface area contributed by atoms with Crippen molar-refractivity contribution in [2.75, 3.05) is 7.11 Å². The molecule has 0 aromatic carbocycles. The Bertz CT molecular complexity index is 292. The Morgan fingerprint density at radius 2 is 2.47 bits per heavy atom. The molecule has 1 aliphatic carbocycles. The van der Waals surface area contributed by atoms with Crippen LogP contribution >= 0.6 is 31.9 Å². The van der Waals surface area contributed by atoms with Gasteiger partial charge in [-0.05, 0) is 0 Å². The van der Waals surface area contributed by atoms with Crippen LogP contribution in [0.25, 0.3) is 0 Å². The molecule has 4 nitrogen and oxygen atoms in total. The minimum Gasteiger partial charge on any atom is -0.411 e. The number of rotatable bonds is 4. The highest BCUT2D eigenvalue weighted by molar-refractivity contribution is 9.12. The maximum Gasteiger partial charge on any atom is 0.147 e. The number of hydrogen-bond donors (Lipinski definition) is 2. The van der Waals surface area contributed by atoms with E-state index in [1.54, 1.807) is 7.11 Å². The standard InChI is InChI=1S/C9H12Br2N2O2/c1-15-9(5-12-14)13-8-4-6(10)2-3-7(8)11/h2-5,7-9,13-14H,1H3/b12-5-. The van der Waals surface area contributed by atoms with Crippen molar-refractivity contribution < 1.29 is 9.94 Å². The Kier molecular flexibility index (Phi) is 5.52. The molecule has 3 unspecified atom stereocenters. The molecule has 0 amide bonds. The Morgan fingerprint density at radius 1 is 1.73 bits per heavy atom.